The Balaban J connectivity index is 1.76. The molecule has 2 aliphatic heterocycles. The predicted molar refractivity (Wildman–Crippen MR) is 171 cm³/mol. The highest BCUT2D eigenvalue weighted by Gasteiger charge is 2.54. The van der Waals surface area contributed by atoms with E-state index in [1.165, 1.54) is 4.90 Å². The molecule has 8 heteroatoms. The van der Waals surface area contributed by atoms with Crippen LogP contribution in [0, 0.1) is 35.5 Å². The molecule has 44 heavy (non-hydrogen) atoms. The van der Waals surface area contributed by atoms with E-state index in [4.69, 9.17) is 14.2 Å². The van der Waals surface area contributed by atoms with Gasteiger partial charge < -0.3 is 24.2 Å². The number of allylic oxidation sites excluding steroid dienone is 4. The minimum absolute atomic E-state index is 0.00201. The van der Waals surface area contributed by atoms with Crippen LogP contribution in [0.5, 0.6) is 0 Å². The number of carbonyl (C=O) groups is 3. The molecule has 3 rings (SSSR count). The van der Waals surface area contributed by atoms with E-state index in [2.05, 4.69) is 31.2 Å². The Morgan fingerprint density at radius 3 is 2.34 bits per heavy atom. The summed E-state index contributed by atoms with van der Waals surface area (Å²) in [5, 5.41) is 11.4. The summed E-state index contributed by atoms with van der Waals surface area (Å²) in [6.07, 6.45) is 11.3. The molecule has 1 aliphatic carbocycles. The molecule has 248 valence electrons. The van der Waals surface area contributed by atoms with E-state index in [1.54, 1.807) is 14.0 Å². The second-order valence-corrected chi connectivity index (χ2v) is 14.3. The first kappa shape index (κ1) is 36.2. The molecule has 1 amide bonds. The number of hydrogen-bond acceptors (Lipinski definition) is 7. The summed E-state index contributed by atoms with van der Waals surface area (Å²) in [5.74, 6) is -4.32. The molecule has 8 nitrogen and oxygen atoms in total. The zero-order valence-corrected chi connectivity index (χ0v) is 28.7. The summed E-state index contributed by atoms with van der Waals surface area (Å²) in [7, 11) is 1.76. The first-order valence-corrected chi connectivity index (χ1v) is 16.6. The van der Waals surface area contributed by atoms with Crippen LogP contribution in [0.2, 0.25) is 0 Å². The van der Waals surface area contributed by atoms with E-state index >= 15 is 0 Å². The number of esters is 1. The van der Waals surface area contributed by atoms with Gasteiger partial charge in [-0.2, -0.15) is 0 Å². The number of methoxy groups -OCH3 is 1. The number of Topliss-reactive ketones (excluding diaryl/α,β-unsaturated/α-hetero) is 1. The van der Waals surface area contributed by atoms with E-state index in [9.17, 15) is 19.5 Å². The highest BCUT2D eigenvalue weighted by Crippen LogP contribution is 2.39. The fourth-order valence-corrected chi connectivity index (χ4v) is 7.29. The maximum atomic E-state index is 13.7. The van der Waals surface area contributed by atoms with Crippen molar-refractivity contribution in [1.29, 1.82) is 0 Å². The van der Waals surface area contributed by atoms with Crippen LogP contribution in [0.15, 0.2) is 35.5 Å². The van der Waals surface area contributed by atoms with Gasteiger partial charge in [-0.15, -0.1) is 0 Å². The molecule has 9 unspecified atom stereocenters. The molecule has 0 saturated carbocycles. The molecule has 0 spiro atoms. The quantitative estimate of drug-likeness (QED) is 0.139. The van der Waals surface area contributed by atoms with Crippen LogP contribution in [0.1, 0.15) is 94.4 Å². The summed E-state index contributed by atoms with van der Waals surface area (Å²) in [6, 6.07) is -0.895. The smallest absolute Gasteiger partial charge is 0.329 e. The Bertz CT molecular complexity index is 1120. The maximum Gasteiger partial charge on any atom is 0.329 e. The minimum atomic E-state index is -2.22. The molecule has 3 aliphatic rings. The van der Waals surface area contributed by atoms with Crippen molar-refractivity contribution in [3.63, 3.8) is 0 Å². The third-order valence-electron chi connectivity index (χ3n) is 9.77. The molecule has 9 atom stereocenters. The molecule has 2 saturated heterocycles. The van der Waals surface area contributed by atoms with Gasteiger partial charge in [-0.1, -0.05) is 78.3 Å². The normalized spacial score (nSPS) is 34.3. The second kappa shape index (κ2) is 15.3. The van der Waals surface area contributed by atoms with Crippen molar-refractivity contribution in [3.05, 3.63) is 35.5 Å². The zero-order chi connectivity index (χ0) is 32.9. The van der Waals surface area contributed by atoms with Crippen LogP contribution in [0.3, 0.4) is 0 Å². The van der Waals surface area contributed by atoms with Gasteiger partial charge in [0.15, 0.2) is 0 Å². The van der Waals surface area contributed by atoms with Gasteiger partial charge in [0.1, 0.15) is 12.1 Å². The Kier molecular flexibility index (Phi) is 12.6. The van der Waals surface area contributed by atoms with Gasteiger partial charge in [-0.25, -0.2) is 4.79 Å². The molecule has 1 N–H and O–H groups in total. The molecule has 2 heterocycles. The SMILES string of the molecule is COC1CC(/C=C(C)/C=C(\C)C(OC(=O)C2CCCCN2C(=O)C(=O)C2(O)OC(C(C)C)C(C)CC2C)C(C)C)C=CC1C. The van der Waals surface area contributed by atoms with Gasteiger partial charge in [-0.05, 0) is 75.2 Å². The third kappa shape index (κ3) is 8.29. The lowest BCUT2D eigenvalue weighted by molar-refractivity contribution is -0.280. The monoisotopic (exact) mass is 615 g/mol. The Hall–Kier alpha value is -2.29. The van der Waals surface area contributed by atoms with E-state index in [1.807, 2.05) is 48.5 Å². The van der Waals surface area contributed by atoms with Gasteiger partial charge in [-0.3, -0.25) is 9.59 Å². The molecule has 0 aromatic rings. The Morgan fingerprint density at radius 1 is 1.05 bits per heavy atom. The van der Waals surface area contributed by atoms with Crippen LogP contribution in [-0.2, 0) is 28.6 Å². The van der Waals surface area contributed by atoms with E-state index in [0.717, 1.165) is 24.0 Å². The van der Waals surface area contributed by atoms with Gasteiger partial charge >= 0.3 is 5.97 Å². The van der Waals surface area contributed by atoms with Crippen LogP contribution < -0.4 is 0 Å². The molecule has 2 fully saturated rings. The molecule has 0 bridgehead atoms. The third-order valence-corrected chi connectivity index (χ3v) is 9.77. The summed E-state index contributed by atoms with van der Waals surface area (Å²) in [6.45, 7) is 18.1. The maximum absolute atomic E-state index is 13.7. The number of amides is 1. The average molecular weight is 616 g/mol. The predicted octanol–water partition coefficient (Wildman–Crippen LogP) is 6.03. The molecule has 0 aromatic carbocycles. The van der Waals surface area contributed by atoms with Crippen molar-refractivity contribution >= 4 is 17.7 Å². The highest BCUT2D eigenvalue weighted by molar-refractivity contribution is 6.39. The van der Waals surface area contributed by atoms with Crippen molar-refractivity contribution < 1.29 is 33.7 Å². The van der Waals surface area contributed by atoms with Crippen LogP contribution in [0.25, 0.3) is 0 Å². The molecular weight excluding hydrogens is 558 g/mol. The van der Waals surface area contributed by atoms with Gasteiger partial charge in [0.05, 0.1) is 12.2 Å². The van der Waals surface area contributed by atoms with Gasteiger partial charge in [0, 0.05) is 25.5 Å². The van der Waals surface area contributed by atoms with E-state index in [-0.39, 0.29) is 42.4 Å². The molecule has 0 aromatic heterocycles. The van der Waals surface area contributed by atoms with Gasteiger partial charge in [0.25, 0.3) is 11.7 Å². The van der Waals surface area contributed by atoms with Crippen molar-refractivity contribution in [2.75, 3.05) is 13.7 Å². The number of ketones is 1. The van der Waals surface area contributed by atoms with Crippen LogP contribution in [-0.4, -0.2) is 71.5 Å². The topological polar surface area (TPSA) is 102 Å². The summed E-state index contributed by atoms with van der Waals surface area (Å²) >= 11 is 0. The minimum Gasteiger partial charge on any atom is -0.456 e. The fourth-order valence-electron chi connectivity index (χ4n) is 7.29. The second-order valence-electron chi connectivity index (χ2n) is 14.3. The van der Waals surface area contributed by atoms with Crippen LogP contribution >= 0.6 is 0 Å². The van der Waals surface area contributed by atoms with E-state index < -0.39 is 41.5 Å². The number of ether oxygens (including phenoxy) is 3. The lowest BCUT2D eigenvalue weighted by Crippen LogP contribution is -2.62. The average Bonchev–Trinajstić information content (AvgIpc) is 2.97. The number of rotatable bonds is 10. The Morgan fingerprint density at radius 2 is 1.73 bits per heavy atom. The van der Waals surface area contributed by atoms with Gasteiger partial charge in [0.2, 0.25) is 5.79 Å². The number of piperidine rings is 1. The number of hydrogen-bond donors (Lipinski definition) is 1. The molecular formula is C36H57NO7. The lowest BCUT2D eigenvalue weighted by Gasteiger charge is -2.46. The first-order chi connectivity index (χ1) is 20.6. The molecule has 0 radical (unpaired) electrons. The summed E-state index contributed by atoms with van der Waals surface area (Å²) in [4.78, 5) is 42.3. The first-order valence-electron chi connectivity index (χ1n) is 16.6. The fraction of sp³-hybridized carbons (Fsp3) is 0.750. The Labute approximate surface area is 265 Å². The summed E-state index contributed by atoms with van der Waals surface area (Å²) < 4.78 is 17.7. The van der Waals surface area contributed by atoms with Crippen molar-refractivity contribution in [2.24, 2.45) is 35.5 Å². The number of aliphatic hydroxyl groups is 1. The number of likely N-dealkylation sites (tertiary alicyclic amines) is 1. The van der Waals surface area contributed by atoms with Crippen molar-refractivity contribution in [2.45, 2.75) is 125 Å². The number of nitrogens with zero attached hydrogens (tertiary/aromatic N) is 1. The standard InChI is InChI=1S/C36H57NO7/c1-21(2)31(25(7)17-23(5)18-28-15-14-24(6)30(20-28)42-10)43-35(40)29-13-11-12-16-37(29)34(39)33(38)36(41)27(9)19-26(8)32(44-36)22(3)4/h14-15,17-18,21-22,24,26-32,41H,11-13,16,19-20H2,1-10H3/b23-18+,25-17+. The van der Waals surface area contributed by atoms with Crippen molar-refractivity contribution in [1.82, 2.24) is 4.90 Å². The van der Waals surface area contributed by atoms with Crippen LogP contribution in [0.4, 0.5) is 0 Å². The van der Waals surface area contributed by atoms with E-state index in [0.29, 0.717) is 25.2 Å². The lowest BCUT2D eigenvalue weighted by atomic mass is 9.78. The number of carbonyl (C=O) groups excluding carboxylic acids is 3. The zero-order valence-electron chi connectivity index (χ0n) is 28.7. The van der Waals surface area contributed by atoms with Crippen molar-refractivity contribution in [3.8, 4) is 0 Å². The largest absolute Gasteiger partial charge is 0.456 e. The highest BCUT2D eigenvalue weighted by atomic mass is 16.6. The summed E-state index contributed by atoms with van der Waals surface area (Å²) in [5.41, 5.74) is 1.99.